The molecule has 0 aliphatic carbocycles. The molecule has 1 aliphatic rings. The molecule has 0 unspecified atom stereocenters. The fourth-order valence-corrected chi connectivity index (χ4v) is 4.83. The Balaban J connectivity index is 1.39. The van der Waals surface area contributed by atoms with Gasteiger partial charge in [0, 0.05) is 50.1 Å². The zero-order valence-electron chi connectivity index (χ0n) is 18.9. The summed E-state index contributed by atoms with van der Waals surface area (Å²) in [4.78, 5) is 6.42. The fourth-order valence-electron chi connectivity index (χ4n) is 3.72. The van der Waals surface area contributed by atoms with E-state index in [4.69, 9.17) is 5.10 Å². The van der Waals surface area contributed by atoms with E-state index >= 15 is 0 Å². The van der Waals surface area contributed by atoms with Crippen LogP contribution in [0.1, 0.15) is 52.2 Å². The normalized spacial score (nSPS) is 15.8. The Labute approximate surface area is 182 Å². The predicted molar refractivity (Wildman–Crippen MR) is 118 cm³/mol. The lowest BCUT2D eigenvalue weighted by Gasteiger charge is -2.40. The number of nitrogens with one attached hydrogen (secondary N) is 1. The van der Waals surface area contributed by atoms with Crippen molar-refractivity contribution in [3.05, 3.63) is 30.0 Å². The van der Waals surface area contributed by atoms with Crippen molar-refractivity contribution in [3.8, 4) is 0 Å². The van der Waals surface area contributed by atoms with Crippen molar-refractivity contribution in [2.45, 2.75) is 51.0 Å². The lowest BCUT2D eigenvalue weighted by molar-refractivity contribution is 0.401. The number of aromatic nitrogens is 6. The summed E-state index contributed by atoms with van der Waals surface area (Å²) in [5.41, 5.74) is 0.552. The van der Waals surface area contributed by atoms with Gasteiger partial charge in [-0.05, 0) is 12.1 Å². The third-order valence-electron chi connectivity index (χ3n) is 5.44. The minimum absolute atomic E-state index is 0.0734. The summed E-state index contributed by atoms with van der Waals surface area (Å²) in [6, 6.07) is 3.84. The molecule has 10 nitrogen and oxygen atoms in total. The van der Waals surface area contributed by atoms with Gasteiger partial charge in [0.25, 0.3) is 10.0 Å². The Morgan fingerprint density at radius 2 is 1.90 bits per heavy atom. The second-order valence-electron chi connectivity index (χ2n) is 9.56. The van der Waals surface area contributed by atoms with Gasteiger partial charge in [0.15, 0.2) is 16.5 Å². The number of nitrogens with zero attached hydrogens (tertiary/aromatic N) is 7. The van der Waals surface area contributed by atoms with Gasteiger partial charge in [-0.15, -0.1) is 15.3 Å². The molecule has 0 aromatic carbocycles. The zero-order valence-corrected chi connectivity index (χ0v) is 19.7. The number of fused-ring (bicyclic) bond motifs is 1. The Hall–Kier alpha value is -2.53. The van der Waals surface area contributed by atoms with E-state index in [0.29, 0.717) is 6.54 Å². The number of rotatable bonds is 6. The number of hydrogen-bond acceptors (Lipinski definition) is 7. The number of sulfonamides is 1. The van der Waals surface area contributed by atoms with Gasteiger partial charge < -0.3 is 9.47 Å². The van der Waals surface area contributed by atoms with Crippen LogP contribution in [0.2, 0.25) is 0 Å². The lowest BCUT2D eigenvalue weighted by Crippen LogP contribution is -2.52. The molecule has 1 fully saturated rings. The monoisotopic (exact) mass is 446 g/mol. The predicted octanol–water partition coefficient (Wildman–Crippen LogP) is 1.69. The fraction of sp³-hybridized carbons (Fsp3) is 0.600. The van der Waals surface area contributed by atoms with Crippen molar-refractivity contribution in [1.29, 1.82) is 0 Å². The van der Waals surface area contributed by atoms with Crippen LogP contribution in [-0.2, 0) is 22.5 Å². The molecule has 31 heavy (non-hydrogen) atoms. The molecule has 0 radical (unpaired) electrons. The van der Waals surface area contributed by atoms with Crippen molar-refractivity contribution in [2.24, 2.45) is 13.0 Å². The molecule has 4 rings (SSSR count). The summed E-state index contributed by atoms with van der Waals surface area (Å²) in [5.74, 6) is 2.76. The zero-order chi connectivity index (χ0) is 22.6. The van der Waals surface area contributed by atoms with Crippen molar-refractivity contribution < 1.29 is 8.42 Å². The molecule has 1 N–H and O–H groups in total. The van der Waals surface area contributed by atoms with Gasteiger partial charge in [-0.3, -0.25) is 0 Å². The molecule has 0 saturated carbocycles. The van der Waals surface area contributed by atoms with E-state index in [1.807, 2.05) is 33.0 Å². The molecule has 168 valence electrons. The average molecular weight is 447 g/mol. The highest BCUT2D eigenvalue weighted by molar-refractivity contribution is 7.89. The summed E-state index contributed by atoms with van der Waals surface area (Å²) < 4.78 is 31.5. The van der Waals surface area contributed by atoms with Crippen LogP contribution in [0.15, 0.2) is 23.4 Å². The summed E-state index contributed by atoms with van der Waals surface area (Å²) in [5, 5.41) is 13.3. The average Bonchev–Trinajstić information content (AvgIpc) is 3.23. The smallest absolute Gasteiger partial charge is 0.259 e. The first kappa shape index (κ1) is 21.7. The molecule has 1 aliphatic heterocycles. The molecule has 0 atom stereocenters. The van der Waals surface area contributed by atoms with E-state index in [0.717, 1.165) is 36.2 Å². The minimum Gasteiger partial charge on any atom is -0.354 e. The molecule has 1 saturated heterocycles. The standard InChI is InChI=1S/C20H30N8O2S/c1-13(2)18-22-17(12-26(18)6)31(29,30)21-9-14-10-27(11-14)16-8-7-15-23-24-19(20(3,4)5)28(15)25-16/h7-8,12-14,21H,9-11H2,1-6H3. The Kier molecular flexibility index (Phi) is 5.29. The van der Waals surface area contributed by atoms with Crippen molar-refractivity contribution in [1.82, 2.24) is 34.1 Å². The first-order valence-corrected chi connectivity index (χ1v) is 11.9. The van der Waals surface area contributed by atoms with Crippen LogP contribution in [-0.4, -0.2) is 57.4 Å². The van der Waals surface area contributed by atoms with Crippen LogP contribution < -0.4 is 9.62 Å². The van der Waals surface area contributed by atoms with Crippen LogP contribution in [0.3, 0.4) is 0 Å². The molecule has 0 spiro atoms. The van der Waals surface area contributed by atoms with E-state index in [2.05, 4.69) is 45.6 Å². The van der Waals surface area contributed by atoms with Crippen LogP contribution in [0.25, 0.3) is 5.65 Å². The summed E-state index contributed by atoms with van der Waals surface area (Å²) in [6.45, 7) is 12.0. The maximum atomic E-state index is 12.6. The van der Waals surface area contributed by atoms with E-state index in [1.165, 1.54) is 0 Å². The number of imidazole rings is 1. The largest absolute Gasteiger partial charge is 0.354 e. The highest BCUT2D eigenvalue weighted by atomic mass is 32.2. The Morgan fingerprint density at radius 1 is 1.19 bits per heavy atom. The van der Waals surface area contributed by atoms with Gasteiger partial charge in [-0.25, -0.2) is 18.1 Å². The van der Waals surface area contributed by atoms with E-state index in [-0.39, 0.29) is 22.3 Å². The van der Waals surface area contributed by atoms with Gasteiger partial charge >= 0.3 is 0 Å². The van der Waals surface area contributed by atoms with Crippen molar-refractivity contribution in [2.75, 3.05) is 24.5 Å². The van der Waals surface area contributed by atoms with Crippen molar-refractivity contribution in [3.63, 3.8) is 0 Å². The van der Waals surface area contributed by atoms with Gasteiger partial charge in [0.2, 0.25) is 0 Å². The third-order valence-corrected chi connectivity index (χ3v) is 6.74. The van der Waals surface area contributed by atoms with E-state index in [1.54, 1.807) is 15.3 Å². The van der Waals surface area contributed by atoms with E-state index in [9.17, 15) is 8.42 Å². The molecule has 0 bridgehead atoms. The van der Waals surface area contributed by atoms with Gasteiger partial charge in [0.05, 0.1) is 0 Å². The van der Waals surface area contributed by atoms with Crippen molar-refractivity contribution >= 4 is 21.5 Å². The summed E-state index contributed by atoms with van der Waals surface area (Å²) in [7, 11) is -1.81. The second-order valence-corrected chi connectivity index (χ2v) is 11.3. The van der Waals surface area contributed by atoms with E-state index < -0.39 is 10.0 Å². The van der Waals surface area contributed by atoms with Gasteiger partial charge in [0.1, 0.15) is 11.6 Å². The molecular weight excluding hydrogens is 416 g/mol. The number of aryl methyl sites for hydroxylation is 1. The quantitative estimate of drug-likeness (QED) is 0.613. The molecule has 4 heterocycles. The van der Waals surface area contributed by atoms with Crippen LogP contribution in [0.4, 0.5) is 5.82 Å². The SMILES string of the molecule is CC(C)c1nc(S(=O)(=O)NCC2CN(c3ccc4nnc(C(C)(C)C)n4n3)C2)cn1C. The van der Waals surface area contributed by atoms with Crippen LogP contribution in [0, 0.1) is 5.92 Å². The number of hydrogen-bond donors (Lipinski definition) is 1. The van der Waals surface area contributed by atoms with Gasteiger partial charge in [-0.2, -0.15) is 4.52 Å². The second kappa shape index (κ2) is 7.56. The maximum Gasteiger partial charge on any atom is 0.259 e. The first-order valence-electron chi connectivity index (χ1n) is 10.5. The highest BCUT2D eigenvalue weighted by Crippen LogP contribution is 2.25. The van der Waals surface area contributed by atoms with Crippen LogP contribution >= 0.6 is 0 Å². The lowest BCUT2D eigenvalue weighted by atomic mass is 9.96. The Morgan fingerprint density at radius 3 is 2.52 bits per heavy atom. The minimum atomic E-state index is -3.63. The molecule has 0 amide bonds. The maximum absolute atomic E-state index is 12.6. The Bertz CT molecular complexity index is 1200. The van der Waals surface area contributed by atoms with Gasteiger partial charge in [-0.1, -0.05) is 34.6 Å². The summed E-state index contributed by atoms with van der Waals surface area (Å²) in [6.07, 6.45) is 1.57. The molecular formula is C20H30N8O2S. The van der Waals surface area contributed by atoms with Crippen LogP contribution in [0.5, 0.6) is 0 Å². The molecule has 11 heteroatoms. The summed E-state index contributed by atoms with van der Waals surface area (Å²) >= 11 is 0. The topological polar surface area (TPSA) is 110 Å². The first-order chi connectivity index (χ1) is 14.5. The highest BCUT2D eigenvalue weighted by Gasteiger charge is 2.31. The number of anilines is 1. The molecule has 3 aromatic heterocycles. The molecule has 3 aromatic rings. The third kappa shape index (κ3) is 4.16.